The quantitative estimate of drug-likeness (QED) is 0.798. The van der Waals surface area contributed by atoms with Crippen molar-refractivity contribution in [3.05, 3.63) is 29.8 Å². The first-order chi connectivity index (χ1) is 15.0. The van der Waals surface area contributed by atoms with Crippen LogP contribution in [0.5, 0.6) is 5.75 Å². The van der Waals surface area contributed by atoms with Crippen LogP contribution in [0, 0.1) is 35.0 Å². The molecule has 5 nitrogen and oxygen atoms in total. The lowest BCUT2D eigenvalue weighted by atomic mass is 9.49. The van der Waals surface area contributed by atoms with Gasteiger partial charge in [-0.3, -0.25) is 4.79 Å². The number of nitrogens with zero attached hydrogens (tertiary/aromatic N) is 2. The van der Waals surface area contributed by atoms with Crippen molar-refractivity contribution in [1.29, 1.82) is 5.26 Å². The van der Waals surface area contributed by atoms with E-state index in [9.17, 15) is 9.90 Å². The summed E-state index contributed by atoms with van der Waals surface area (Å²) in [5, 5.41) is 19.8. The van der Waals surface area contributed by atoms with Crippen LogP contribution >= 0.6 is 0 Å². The monoisotopic (exact) mass is 420 g/mol. The van der Waals surface area contributed by atoms with Crippen molar-refractivity contribution < 1.29 is 14.6 Å². The minimum absolute atomic E-state index is 0.143. The molecule has 164 valence electrons. The SMILES string of the molecule is N#Cc1ccc(OC2C[C@H]3CC[C@@H](C2)N3C(=O)CC2C3CC4CC2CC(O)(C4)C3)cc1. The number of ether oxygens (including phenoxy) is 1. The highest BCUT2D eigenvalue weighted by atomic mass is 16.5. The van der Waals surface area contributed by atoms with Crippen LogP contribution in [0.2, 0.25) is 0 Å². The van der Waals surface area contributed by atoms with Crippen LogP contribution in [-0.2, 0) is 4.79 Å². The number of aliphatic hydroxyl groups is 1. The highest BCUT2D eigenvalue weighted by Gasteiger charge is 2.55. The molecule has 1 aromatic rings. The van der Waals surface area contributed by atoms with Gasteiger partial charge in [-0.2, -0.15) is 5.26 Å². The molecule has 31 heavy (non-hydrogen) atoms. The average Bonchev–Trinajstić information content (AvgIpc) is 3.01. The highest BCUT2D eigenvalue weighted by Crippen LogP contribution is 2.59. The predicted molar refractivity (Wildman–Crippen MR) is 115 cm³/mol. The first kappa shape index (κ1) is 19.6. The van der Waals surface area contributed by atoms with Crippen molar-refractivity contribution in [1.82, 2.24) is 4.90 Å². The molecule has 0 radical (unpaired) electrons. The maximum Gasteiger partial charge on any atom is 0.223 e. The maximum absolute atomic E-state index is 13.5. The molecular weight excluding hydrogens is 388 g/mol. The average molecular weight is 421 g/mol. The standard InChI is InChI=1S/C26H32N2O3/c27-15-16-1-5-22(6-2-16)31-23-9-20-3-4-21(10-23)28(20)25(29)11-24-18-7-17-8-19(24)14-26(30,12-17)13-18/h1-2,5-6,17-21,23-24,30H,3-4,7-14H2/t17?,18?,19?,20-,21+,23?,24?,26?. The molecule has 0 spiro atoms. The van der Waals surface area contributed by atoms with Gasteiger partial charge in [-0.05, 0) is 92.9 Å². The van der Waals surface area contributed by atoms with Crippen LogP contribution in [0.25, 0.3) is 0 Å². The Bertz CT molecular complexity index is 876. The van der Waals surface area contributed by atoms with E-state index in [-0.39, 0.29) is 6.10 Å². The van der Waals surface area contributed by atoms with Crippen LogP contribution in [0.15, 0.2) is 24.3 Å². The minimum atomic E-state index is -0.420. The number of benzene rings is 1. The molecule has 6 bridgehead atoms. The van der Waals surface area contributed by atoms with E-state index in [0.29, 0.717) is 53.6 Å². The molecule has 4 aliphatic carbocycles. The number of hydrogen-bond acceptors (Lipinski definition) is 4. The summed E-state index contributed by atoms with van der Waals surface area (Å²) in [6, 6.07) is 10.1. The summed E-state index contributed by atoms with van der Waals surface area (Å²) in [6.45, 7) is 0. The number of fused-ring (bicyclic) bond motifs is 2. The van der Waals surface area contributed by atoms with Gasteiger partial charge in [0.05, 0.1) is 17.2 Å². The van der Waals surface area contributed by atoms with Crippen molar-refractivity contribution in [2.75, 3.05) is 0 Å². The molecule has 4 saturated carbocycles. The fourth-order valence-electron chi connectivity index (χ4n) is 8.16. The van der Waals surface area contributed by atoms with Crippen molar-refractivity contribution in [3.8, 4) is 11.8 Å². The third-order valence-electron chi connectivity index (χ3n) is 9.11. The van der Waals surface area contributed by atoms with E-state index in [2.05, 4.69) is 11.0 Å². The van der Waals surface area contributed by atoms with Crippen LogP contribution in [0.3, 0.4) is 0 Å². The van der Waals surface area contributed by atoms with E-state index in [1.54, 1.807) is 12.1 Å². The Labute approximate surface area is 184 Å². The van der Waals surface area contributed by atoms with Crippen LogP contribution < -0.4 is 4.74 Å². The summed E-state index contributed by atoms with van der Waals surface area (Å²) in [7, 11) is 0. The summed E-state index contributed by atoms with van der Waals surface area (Å²) >= 11 is 0. The number of piperidine rings is 1. The summed E-state index contributed by atoms with van der Waals surface area (Å²) in [5.41, 5.74) is 0.223. The van der Waals surface area contributed by atoms with Gasteiger partial charge in [0.25, 0.3) is 0 Å². The topological polar surface area (TPSA) is 73.6 Å². The van der Waals surface area contributed by atoms with Gasteiger partial charge < -0.3 is 14.7 Å². The second kappa shape index (κ2) is 7.24. The Morgan fingerprint density at radius 3 is 2.29 bits per heavy atom. The Balaban J connectivity index is 1.09. The van der Waals surface area contributed by atoms with Crippen molar-refractivity contribution in [3.63, 3.8) is 0 Å². The number of nitriles is 1. The molecule has 5 heteroatoms. The van der Waals surface area contributed by atoms with Crippen LogP contribution in [-0.4, -0.2) is 39.7 Å². The summed E-state index contributed by atoms with van der Waals surface area (Å²) in [6.07, 6.45) is 10.1. The van der Waals surface area contributed by atoms with E-state index in [1.165, 1.54) is 12.8 Å². The minimum Gasteiger partial charge on any atom is -0.490 e. The van der Waals surface area contributed by atoms with E-state index >= 15 is 0 Å². The molecule has 0 aromatic heterocycles. The van der Waals surface area contributed by atoms with Crippen molar-refractivity contribution >= 4 is 5.91 Å². The van der Waals surface area contributed by atoms with Gasteiger partial charge in [-0.1, -0.05) is 0 Å². The Morgan fingerprint density at radius 1 is 1.06 bits per heavy atom. The molecular formula is C26H32N2O3. The number of hydrogen-bond donors (Lipinski definition) is 1. The molecule has 2 saturated heterocycles. The third-order valence-corrected chi connectivity index (χ3v) is 9.11. The summed E-state index contributed by atoms with van der Waals surface area (Å²) in [4.78, 5) is 15.7. The zero-order valence-corrected chi connectivity index (χ0v) is 18.1. The normalized spacial score (nSPS) is 42.5. The fraction of sp³-hybridized carbons (Fsp3) is 0.692. The Morgan fingerprint density at radius 2 is 1.71 bits per heavy atom. The molecule has 2 heterocycles. The number of amides is 1. The van der Waals surface area contributed by atoms with Gasteiger partial charge in [0.15, 0.2) is 0 Å². The summed E-state index contributed by atoms with van der Waals surface area (Å²) in [5.74, 6) is 3.45. The van der Waals surface area contributed by atoms with Gasteiger partial charge in [0.2, 0.25) is 5.91 Å². The lowest BCUT2D eigenvalue weighted by Crippen LogP contribution is -2.56. The van der Waals surface area contributed by atoms with Gasteiger partial charge in [0.1, 0.15) is 11.9 Å². The number of carbonyl (C=O) groups excluding carboxylic acids is 1. The predicted octanol–water partition coefficient (Wildman–Crippen LogP) is 4.04. The fourth-order valence-corrected chi connectivity index (χ4v) is 8.16. The zero-order chi connectivity index (χ0) is 21.2. The molecule has 1 aromatic carbocycles. The molecule has 1 amide bonds. The van der Waals surface area contributed by atoms with Crippen LogP contribution in [0.4, 0.5) is 0 Å². The Kier molecular flexibility index (Phi) is 4.58. The van der Waals surface area contributed by atoms with E-state index in [4.69, 9.17) is 10.00 Å². The molecule has 3 unspecified atom stereocenters. The van der Waals surface area contributed by atoms with E-state index in [1.807, 2.05) is 12.1 Å². The van der Waals surface area contributed by atoms with Gasteiger partial charge >= 0.3 is 0 Å². The number of rotatable bonds is 4. The maximum atomic E-state index is 13.5. The third kappa shape index (κ3) is 3.44. The van der Waals surface area contributed by atoms with E-state index in [0.717, 1.165) is 50.7 Å². The second-order valence-electron chi connectivity index (χ2n) is 11.1. The largest absolute Gasteiger partial charge is 0.490 e. The molecule has 7 rings (SSSR count). The summed E-state index contributed by atoms with van der Waals surface area (Å²) < 4.78 is 6.23. The lowest BCUT2D eigenvalue weighted by molar-refractivity contribution is -0.162. The highest BCUT2D eigenvalue weighted by molar-refractivity contribution is 5.78. The first-order valence-electron chi connectivity index (χ1n) is 12.2. The molecule has 5 atom stereocenters. The first-order valence-corrected chi connectivity index (χ1v) is 12.2. The van der Waals surface area contributed by atoms with Crippen LogP contribution in [0.1, 0.15) is 69.8 Å². The zero-order valence-electron chi connectivity index (χ0n) is 18.1. The molecule has 2 aliphatic heterocycles. The second-order valence-corrected chi connectivity index (χ2v) is 11.1. The number of carbonyl (C=O) groups is 1. The lowest BCUT2D eigenvalue weighted by Gasteiger charge is -2.58. The van der Waals surface area contributed by atoms with E-state index < -0.39 is 5.60 Å². The van der Waals surface area contributed by atoms with Gasteiger partial charge in [-0.25, -0.2) is 0 Å². The van der Waals surface area contributed by atoms with Crippen molar-refractivity contribution in [2.45, 2.75) is 88.0 Å². The molecule has 6 fully saturated rings. The smallest absolute Gasteiger partial charge is 0.223 e. The Hall–Kier alpha value is -2.06. The van der Waals surface area contributed by atoms with Gasteiger partial charge in [0, 0.05) is 31.3 Å². The van der Waals surface area contributed by atoms with Gasteiger partial charge in [-0.15, -0.1) is 0 Å². The molecule has 6 aliphatic rings. The van der Waals surface area contributed by atoms with Crippen molar-refractivity contribution in [2.24, 2.45) is 23.7 Å². The molecule has 1 N–H and O–H groups in total.